The maximum Gasteiger partial charge on any atom is 0.240 e. The summed E-state index contributed by atoms with van der Waals surface area (Å²) in [4.78, 5) is 11.3. The zero-order valence-electron chi connectivity index (χ0n) is 9.59. The van der Waals surface area contributed by atoms with Gasteiger partial charge >= 0.3 is 0 Å². The lowest BCUT2D eigenvalue weighted by Gasteiger charge is -2.17. The molecule has 1 aliphatic carbocycles. The number of nitrogens with zero attached hydrogens (tertiary/aromatic N) is 2. The van der Waals surface area contributed by atoms with Gasteiger partial charge in [-0.15, -0.1) is 11.6 Å². The van der Waals surface area contributed by atoms with E-state index in [1.54, 1.807) is 4.68 Å². The van der Waals surface area contributed by atoms with E-state index in [1.807, 2.05) is 7.05 Å². The van der Waals surface area contributed by atoms with Crippen LogP contribution >= 0.6 is 11.6 Å². The highest BCUT2D eigenvalue weighted by molar-refractivity contribution is 6.29. The van der Waals surface area contributed by atoms with Gasteiger partial charge in [-0.25, -0.2) is 0 Å². The molecule has 2 rings (SSSR count). The molecule has 0 bridgehead atoms. The molecule has 0 aliphatic heterocycles. The van der Waals surface area contributed by atoms with E-state index in [9.17, 15) is 4.79 Å². The summed E-state index contributed by atoms with van der Waals surface area (Å²) in [5.41, 5.74) is 2.30. The van der Waals surface area contributed by atoms with Crippen LogP contribution in [0.25, 0.3) is 0 Å². The summed E-state index contributed by atoms with van der Waals surface area (Å²) in [5.74, 6) is 1.27. The van der Waals surface area contributed by atoms with E-state index in [1.165, 1.54) is 12.0 Å². The monoisotopic (exact) mass is 241 g/mol. The fraction of sp³-hybridized carbons (Fsp3) is 0.636. The number of rotatable bonds is 2. The maximum atomic E-state index is 11.3. The van der Waals surface area contributed by atoms with Crippen LogP contribution in [0, 0.1) is 5.92 Å². The largest absolute Gasteiger partial charge is 0.310 e. The predicted octanol–water partition coefficient (Wildman–Crippen LogP) is 1.72. The fourth-order valence-electron chi connectivity index (χ4n) is 2.19. The number of aryl methyl sites for hydroxylation is 2. The van der Waals surface area contributed by atoms with Crippen molar-refractivity contribution in [2.75, 3.05) is 11.2 Å². The number of fused-ring (bicyclic) bond motifs is 1. The summed E-state index contributed by atoms with van der Waals surface area (Å²) in [6.07, 6.45) is 3.16. The van der Waals surface area contributed by atoms with Crippen molar-refractivity contribution in [3.63, 3.8) is 0 Å². The van der Waals surface area contributed by atoms with E-state index in [4.69, 9.17) is 11.6 Å². The van der Waals surface area contributed by atoms with Crippen LogP contribution in [0.1, 0.15) is 24.6 Å². The normalized spacial score (nSPS) is 19.3. The van der Waals surface area contributed by atoms with Gasteiger partial charge in [-0.05, 0) is 25.2 Å². The van der Waals surface area contributed by atoms with Crippen LogP contribution in [0.4, 0.5) is 5.82 Å². The average Bonchev–Trinajstić information content (AvgIpc) is 2.55. The Morgan fingerprint density at radius 1 is 1.69 bits per heavy atom. The molecule has 1 N–H and O–H groups in total. The summed E-state index contributed by atoms with van der Waals surface area (Å²) in [6.45, 7) is 2.23. The number of alkyl halides is 1. The van der Waals surface area contributed by atoms with Crippen LogP contribution in [-0.2, 0) is 24.7 Å². The molecule has 1 unspecified atom stereocenters. The predicted molar refractivity (Wildman–Crippen MR) is 63.7 cm³/mol. The number of carbonyl (C=O) groups excluding carboxylic acids is 1. The first-order valence-electron chi connectivity index (χ1n) is 5.52. The molecule has 1 atom stereocenters. The number of halogens is 1. The second kappa shape index (κ2) is 4.45. The Hall–Kier alpha value is -1.03. The van der Waals surface area contributed by atoms with E-state index in [0.717, 1.165) is 24.4 Å². The van der Waals surface area contributed by atoms with Gasteiger partial charge in [0.2, 0.25) is 5.91 Å². The van der Waals surface area contributed by atoms with Crippen molar-refractivity contribution in [2.45, 2.75) is 26.2 Å². The first-order valence-corrected chi connectivity index (χ1v) is 6.05. The first-order chi connectivity index (χ1) is 7.61. The van der Waals surface area contributed by atoms with E-state index >= 15 is 0 Å². The zero-order chi connectivity index (χ0) is 11.7. The summed E-state index contributed by atoms with van der Waals surface area (Å²) in [7, 11) is 1.85. The molecule has 5 heteroatoms. The Labute approximate surface area is 100.0 Å². The lowest BCUT2D eigenvalue weighted by Crippen LogP contribution is -2.18. The van der Waals surface area contributed by atoms with Gasteiger partial charge in [0.15, 0.2) is 0 Å². The number of aromatic nitrogens is 2. The molecule has 1 heterocycles. The highest BCUT2D eigenvalue weighted by Crippen LogP contribution is 2.30. The highest BCUT2D eigenvalue weighted by Gasteiger charge is 2.23. The van der Waals surface area contributed by atoms with Gasteiger partial charge in [-0.3, -0.25) is 9.48 Å². The van der Waals surface area contributed by atoms with Crippen LogP contribution in [0.15, 0.2) is 0 Å². The minimum atomic E-state index is -0.175. The number of anilines is 1. The topological polar surface area (TPSA) is 46.9 Å². The van der Waals surface area contributed by atoms with Gasteiger partial charge in [0.1, 0.15) is 11.7 Å². The van der Waals surface area contributed by atoms with E-state index in [-0.39, 0.29) is 11.8 Å². The van der Waals surface area contributed by atoms with E-state index in [2.05, 4.69) is 17.3 Å². The van der Waals surface area contributed by atoms with Crippen LogP contribution in [0.3, 0.4) is 0 Å². The molecular formula is C11H16ClN3O. The number of nitrogens with one attached hydrogen (secondary N) is 1. The average molecular weight is 242 g/mol. The van der Waals surface area contributed by atoms with Crippen LogP contribution < -0.4 is 5.32 Å². The number of hydrogen-bond acceptors (Lipinski definition) is 2. The Kier molecular flexibility index (Phi) is 3.19. The van der Waals surface area contributed by atoms with Crippen LogP contribution in [-0.4, -0.2) is 21.6 Å². The third-order valence-electron chi connectivity index (χ3n) is 3.03. The number of carbonyl (C=O) groups is 1. The van der Waals surface area contributed by atoms with Gasteiger partial charge < -0.3 is 5.32 Å². The molecule has 1 aromatic rings. The van der Waals surface area contributed by atoms with E-state index < -0.39 is 0 Å². The minimum absolute atomic E-state index is 0.0183. The Morgan fingerprint density at radius 3 is 3.12 bits per heavy atom. The molecule has 0 fully saturated rings. The Balaban J connectivity index is 2.30. The van der Waals surface area contributed by atoms with Crippen LogP contribution in [0.5, 0.6) is 0 Å². The third-order valence-corrected chi connectivity index (χ3v) is 3.28. The second-order valence-corrected chi connectivity index (χ2v) is 4.69. The first kappa shape index (κ1) is 11.5. The quantitative estimate of drug-likeness (QED) is 0.802. The SMILES string of the molecule is CC1CCc2nn(C)c(NC(=O)CCl)c2C1. The standard InChI is InChI=1S/C11H16ClN3O/c1-7-3-4-9-8(5-7)11(15(2)14-9)13-10(16)6-12/h7H,3-6H2,1-2H3,(H,13,16). The molecule has 1 aliphatic rings. The van der Waals surface area contributed by atoms with Crippen molar-refractivity contribution in [2.24, 2.45) is 13.0 Å². The third kappa shape index (κ3) is 2.07. The van der Waals surface area contributed by atoms with Crippen molar-refractivity contribution in [3.05, 3.63) is 11.3 Å². The van der Waals surface area contributed by atoms with Gasteiger partial charge in [0.25, 0.3) is 0 Å². The molecular weight excluding hydrogens is 226 g/mol. The summed E-state index contributed by atoms with van der Waals surface area (Å²) in [5, 5.41) is 7.25. The molecule has 4 nitrogen and oxygen atoms in total. The molecule has 0 saturated carbocycles. The van der Waals surface area contributed by atoms with Gasteiger partial charge in [0.05, 0.1) is 5.69 Å². The molecule has 0 spiro atoms. The molecule has 16 heavy (non-hydrogen) atoms. The Bertz CT molecular complexity index is 414. The lowest BCUT2D eigenvalue weighted by atomic mass is 9.89. The maximum absolute atomic E-state index is 11.3. The van der Waals surface area contributed by atoms with Crippen LogP contribution in [0.2, 0.25) is 0 Å². The lowest BCUT2D eigenvalue weighted by molar-refractivity contribution is -0.114. The van der Waals surface area contributed by atoms with Gasteiger partial charge in [-0.1, -0.05) is 6.92 Å². The van der Waals surface area contributed by atoms with Gasteiger partial charge in [0, 0.05) is 12.6 Å². The smallest absolute Gasteiger partial charge is 0.240 e. The van der Waals surface area contributed by atoms with Crippen molar-refractivity contribution in [3.8, 4) is 0 Å². The summed E-state index contributed by atoms with van der Waals surface area (Å²) < 4.78 is 1.74. The summed E-state index contributed by atoms with van der Waals surface area (Å²) >= 11 is 5.49. The van der Waals surface area contributed by atoms with Crippen molar-refractivity contribution in [1.82, 2.24) is 9.78 Å². The number of hydrogen-bond donors (Lipinski definition) is 1. The summed E-state index contributed by atoms with van der Waals surface area (Å²) in [6, 6.07) is 0. The molecule has 0 saturated heterocycles. The molecule has 0 radical (unpaired) electrons. The fourth-order valence-corrected chi connectivity index (χ4v) is 2.26. The zero-order valence-corrected chi connectivity index (χ0v) is 10.3. The molecule has 1 amide bonds. The molecule has 88 valence electrons. The van der Waals surface area contributed by atoms with E-state index in [0.29, 0.717) is 5.92 Å². The van der Waals surface area contributed by atoms with Crippen molar-refractivity contribution in [1.29, 1.82) is 0 Å². The Morgan fingerprint density at radius 2 is 2.44 bits per heavy atom. The van der Waals surface area contributed by atoms with Crippen molar-refractivity contribution >= 4 is 23.3 Å². The molecule has 0 aromatic carbocycles. The molecule has 1 aromatic heterocycles. The second-order valence-electron chi connectivity index (χ2n) is 4.43. The minimum Gasteiger partial charge on any atom is -0.310 e. The van der Waals surface area contributed by atoms with Gasteiger partial charge in [-0.2, -0.15) is 5.10 Å². The van der Waals surface area contributed by atoms with Crippen molar-refractivity contribution < 1.29 is 4.79 Å². The number of amides is 1. The highest BCUT2D eigenvalue weighted by atomic mass is 35.5.